The Kier molecular flexibility index (Phi) is 4.36. The van der Waals surface area contributed by atoms with E-state index in [1.54, 1.807) is 38.5 Å². The van der Waals surface area contributed by atoms with Crippen molar-refractivity contribution >= 4 is 5.78 Å². The Bertz CT molecular complexity index is 1060. The maximum absolute atomic E-state index is 13.5. The van der Waals surface area contributed by atoms with E-state index in [-0.39, 0.29) is 25.1 Å². The van der Waals surface area contributed by atoms with Crippen LogP contribution >= 0.6 is 0 Å². The highest BCUT2D eigenvalue weighted by molar-refractivity contribution is 6.06. The normalized spacial score (nSPS) is 23.0. The molecule has 0 radical (unpaired) electrons. The summed E-state index contributed by atoms with van der Waals surface area (Å²) < 4.78 is 28.9. The number of carbonyl (C=O) groups excluding carboxylic acids is 1. The van der Waals surface area contributed by atoms with E-state index in [0.717, 1.165) is 11.1 Å². The van der Waals surface area contributed by atoms with Crippen LogP contribution in [0, 0.1) is 0 Å². The predicted octanol–water partition coefficient (Wildman–Crippen LogP) is 2.68. The monoisotopic (exact) mass is 410 g/mol. The van der Waals surface area contributed by atoms with Gasteiger partial charge in [-0.05, 0) is 23.8 Å². The zero-order chi connectivity index (χ0) is 21.0. The summed E-state index contributed by atoms with van der Waals surface area (Å²) in [5.41, 5.74) is 2.67. The molecule has 2 aromatic rings. The Labute approximate surface area is 173 Å². The molecule has 3 atom stereocenters. The summed E-state index contributed by atoms with van der Waals surface area (Å²) in [7, 11) is 3.11. The highest BCUT2D eigenvalue weighted by Gasteiger charge is 2.45. The van der Waals surface area contributed by atoms with Gasteiger partial charge in [-0.3, -0.25) is 4.79 Å². The van der Waals surface area contributed by atoms with E-state index in [4.69, 9.17) is 23.7 Å². The number of ketones is 1. The fraction of sp³-hybridized carbons (Fsp3) is 0.348. The Morgan fingerprint density at radius 2 is 1.93 bits per heavy atom. The van der Waals surface area contributed by atoms with E-state index < -0.39 is 12.0 Å². The van der Waals surface area contributed by atoms with Crippen LogP contribution in [0.4, 0.5) is 0 Å². The lowest BCUT2D eigenvalue weighted by atomic mass is 9.81. The molecule has 156 valence electrons. The molecule has 0 bridgehead atoms. The zero-order valence-electron chi connectivity index (χ0n) is 16.8. The summed E-state index contributed by atoms with van der Waals surface area (Å²) in [5.74, 6) is 2.35. The second-order valence-corrected chi connectivity index (χ2v) is 7.60. The van der Waals surface area contributed by atoms with Crippen molar-refractivity contribution in [3.8, 4) is 28.7 Å². The van der Waals surface area contributed by atoms with Crippen molar-refractivity contribution in [2.45, 2.75) is 24.5 Å². The molecule has 0 aliphatic carbocycles. The average molecular weight is 410 g/mol. The van der Waals surface area contributed by atoms with Crippen LogP contribution in [0.1, 0.15) is 27.4 Å². The Morgan fingerprint density at radius 3 is 2.67 bits per heavy atom. The molecule has 5 rings (SSSR count). The number of aliphatic hydroxyl groups is 1. The molecule has 0 fully saturated rings. The lowest BCUT2D eigenvalue weighted by Crippen LogP contribution is -2.43. The molecule has 0 spiro atoms. The molecule has 0 saturated heterocycles. The largest absolute Gasteiger partial charge is 0.493 e. The van der Waals surface area contributed by atoms with Gasteiger partial charge in [0.15, 0.2) is 17.3 Å². The van der Waals surface area contributed by atoms with Gasteiger partial charge in [0.2, 0.25) is 0 Å². The molecule has 0 amide bonds. The summed E-state index contributed by atoms with van der Waals surface area (Å²) >= 11 is 0. The number of aliphatic hydroxyl groups excluding tert-OH is 1. The molecule has 30 heavy (non-hydrogen) atoms. The number of methoxy groups -OCH3 is 2. The molecule has 7 heteroatoms. The number of carbonyl (C=O) groups is 1. The first kappa shape index (κ1) is 18.8. The molecule has 3 heterocycles. The van der Waals surface area contributed by atoms with Crippen molar-refractivity contribution in [1.29, 1.82) is 0 Å². The molecule has 0 unspecified atom stereocenters. The molecule has 0 saturated carbocycles. The van der Waals surface area contributed by atoms with Crippen molar-refractivity contribution in [2.24, 2.45) is 0 Å². The number of benzene rings is 2. The minimum absolute atomic E-state index is 0.0229. The second kappa shape index (κ2) is 6.95. The molecule has 2 aromatic carbocycles. The van der Waals surface area contributed by atoms with Gasteiger partial charge in [-0.2, -0.15) is 0 Å². The van der Waals surface area contributed by atoms with Crippen LogP contribution in [-0.2, 0) is 6.42 Å². The molecule has 7 nitrogen and oxygen atoms in total. The first-order valence-electron chi connectivity index (χ1n) is 9.76. The van der Waals surface area contributed by atoms with Crippen molar-refractivity contribution in [3.63, 3.8) is 0 Å². The van der Waals surface area contributed by atoms with Gasteiger partial charge in [0.25, 0.3) is 0 Å². The standard InChI is InChI=1S/C23H22O7/c1-11(9-24)16-7-14-15(29-16)5-4-12-22(25)21-13-6-18(26-2)19(27-3)8-17(13)28-10-20(21)30-23(12)14/h4-6,8,16,20-21,24H,1,7,9-10H2,2-3H3/t16-,20-,21-/m1/s1. The van der Waals surface area contributed by atoms with Gasteiger partial charge < -0.3 is 28.8 Å². The third kappa shape index (κ3) is 2.65. The topological polar surface area (TPSA) is 83.5 Å². The Hall–Kier alpha value is -3.19. The van der Waals surface area contributed by atoms with Crippen LogP contribution in [0.25, 0.3) is 0 Å². The summed E-state index contributed by atoms with van der Waals surface area (Å²) in [6.07, 6.45) is -0.277. The van der Waals surface area contributed by atoms with Crippen LogP contribution in [0.3, 0.4) is 0 Å². The van der Waals surface area contributed by atoms with E-state index in [2.05, 4.69) is 6.58 Å². The first-order chi connectivity index (χ1) is 14.5. The minimum Gasteiger partial charge on any atom is -0.493 e. The molecular weight excluding hydrogens is 388 g/mol. The summed E-state index contributed by atoms with van der Waals surface area (Å²) in [5, 5.41) is 9.38. The van der Waals surface area contributed by atoms with Gasteiger partial charge in [0.1, 0.15) is 36.1 Å². The molecule has 3 aliphatic heterocycles. The average Bonchev–Trinajstić information content (AvgIpc) is 3.22. The fourth-order valence-corrected chi connectivity index (χ4v) is 4.40. The number of rotatable bonds is 4. The maximum atomic E-state index is 13.5. The predicted molar refractivity (Wildman–Crippen MR) is 107 cm³/mol. The number of hydrogen-bond acceptors (Lipinski definition) is 7. The van der Waals surface area contributed by atoms with Gasteiger partial charge in [0, 0.05) is 23.6 Å². The number of ether oxygens (including phenoxy) is 5. The third-order valence-corrected chi connectivity index (χ3v) is 5.98. The van der Waals surface area contributed by atoms with Gasteiger partial charge in [-0.15, -0.1) is 0 Å². The summed E-state index contributed by atoms with van der Waals surface area (Å²) in [6.45, 7) is 3.96. The Balaban J connectivity index is 1.56. The Morgan fingerprint density at radius 1 is 1.17 bits per heavy atom. The zero-order valence-corrected chi connectivity index (χ0v) is 16.8. The van der Waals surface area contributed by atoms with Crippen LogP contribution in [0.2, 0.25) is 0 Å². The second-order valence-electron chi connectivity index (χ2n) is 7.60. The van der Waals surface area contributed by atoms with E-state index in [1.807, 2.05) is 0 Å². The van der Waals surface area contributed by atoms with Crippen LogP contribution in [-0.4, -0.2) is 50.5 Å². The molecule has 0 aromatic heterocycles. The molecule has 1 N–H and O–H groups in total. The van der Waals surface area contributed by atoms with E-state index in [0.29, 0.717) is 46.3 Å². The highest BCUT2D eigenvalue weighted by Crippen LogP contribution is 2.49. The number of Topliss-reactive ketones (excluding diaryl/α,β-unsaturated/α-hetero) is 1. The SMILES string of the molecule is C=C(CO)[C@H]1Cc2c(ccc3c2O[C@@H]2COc4cc(OC)c(OC)cc4[C@H]2C3=O)O1. The number of fused-ring (bicyclic) bond motifs is 6. The van der Waals surface area contributed by atoms with Crippen molar-refractivity contribution in [3.05, 3.63) is 53.1 Å². The van der Waals surface area contributed by atoms with Crippen molar-refractivity contribution < 1.29 is 33.6 Å². The van der Waals surface area contributed by atoms with E-state index in [1.165, 1.54) is 0 Å². The summed E-state index contributed by atoms with van der Waals surface area (Å²) in [4.78, 5) is 13.5. The van der Waals surface area contributed by atoms with Gasteiger partial charge in [0.05, 0.1) is 32.3 Å². The molecular formula is C23H22O7. The van der Waals surface area contributed by atoms with Crippen molar-refractivity contribution in [2.75, 3.05) is 27.4 Å². The lowest BCUT2D eigenvalue weighted by molar-refractivity contribution is 0.0554. The fourth-order valence-electron chi connectivity index (χ4n) is 4.40. The quantitative estimate of drug-likeness (QED) is 0.776. The van der Waals surface area contributed by atoms with Gasteiger partial charge in [-0.25, -0.2) is 0 Å². The number of hydrogen-bond donors (Lipinski definition) is 1. The summed E-state index contributed by atoms with van der Waals surface area (Å²) in [6, 6.07) is 7.06. The maximum Gasteiger partial charge on any atom is 0.178 e. The van der Waals surface area contributed by atoms with Gasteiger partial charge in [-0.1, -0.05) is 6.58 Å². The van der Waals surface area contributed by atoms with Crippen LogP contribution < -0.4 is 23.7 Å². The smallest absolute Gasteiger partial charge is 0.178 e. The van der Waals surface area contributed by atoms with Crippen LogP contribution in [0.5, 0.6) is 28.7 Å². The van der Waals surface area contributed by atoms with Crippen LogP contribution in [0.15, 0.2) is 36.4 Å². The molecule has 3 aliphatic rings. The minimum atomic E-state index is -0.496. The van der Waals surface area contributed by atoms with E-state index in [9.17, 15) is 9.90 Å². The lowest BCUT2D eigenvalue weighted by Gasteiger charge is -2.37. The third-order valence-electron chi connectivity index (χ3n) is 5.98. The van der Waals surface area contributed by atoms with E-state index >= 15 is 0 Å². The van der Waals surface area contributed by atoms with Crippen molar-refractivity contribution in [1.82, 2.24) is 0 Å². The first-order valence-corrected chi connectivity index (χ1v) is 9.76. The highest BCUT2D eigenvalue weighted by atomic mass is 16.5. The van der Waals surface area contributed by atoms with Gasteiger partial charge >= 0.3 is 0 Å².